The van der Waals surface area contributed by atoms with E-state index in [0.29, 0.717) is 5.92 Å². The molecule has 2 rings (SSSR count). The Labute approximate surface area is 140 Å². The number of hydrogen-bond acceptors (Lipinski definition) is 3. The summed E-state index contributed by atoms with van der Waals surface area (Å²) in [6.45, 7) is 10.9. The highest BCUT2D eigenvalue weighted by Gasteiger charge is 2.10. The van der Waals surface area contributed by atoms with E-state index < -0.39 is 0 Å². The zero-order valence-electron chi connectivity index (χ0n) is 14.6. The number of rotatable bonds is 6. The van der Waals surface area contributed by atoms with Gasteiger partial charge in [0, 0.05) is 39.8 Å². The van der Waals surface area contributed by atoms with Crippen LogP contribution < -0.4 is 10.6 Å². The highest BCUT2D eigenvalue weighted by molar-refractivity contribution is 5.79. The summed E-state index contributed by atoms with van der Waals surface area (Å²) in [4.78, 5) is 6.72. The summed E-state index contributed by atoms with van der Waals surface area (Å²) in [5.74, 6) is 1.32. The maximum atomic E-state index is 5.36. The summed E-state index contributed by atoms with van der Waals surface area (Å²) in [6, 6.07) is 8.75. The molecule has 5 nitrogen and oxygen atoms in total. The monoisotopic (exact) mass is 318 g/mol. The van der Waals surface area contributed by atoms with Crippen LogP contribution in [0.5, 0.6) is 0 Å². The summed E-state index contributed by atoms with van der Waals surface area (Å²) < 4.78 is 5.36. The predicted molar refractivity (Wildman–Crippen MR) is 96.2 cm³/mol. The maximum Gasteiger partial charge on any atom is 0.191 e. The van der Waals surface area contributed by atoms with Crippen LogP contribution >= 0.6 is 0 Å². The molecule has 0 aliphatic carbocycles. The van der Waals surface area contributed by atoms with Gasteiger partial charge in [-0.3, -0.25) is 9.89 Å². The van der Waals surface area contributed by atoms with Gasteiger partial charge >= 0.3 is 0 Å². The van der Waals surface area contributed by atoms with Crippen LogP contribution in [0, 0.1) is 6.92 Å². The van der Waals surface area contributed by atoms with E-state index in [4.69, 9.17) is 4.74 Å². The Balaban J connectivity index is 1.68. The van der Waals surface area contributed by atoms with Crippen molar-refractivity contribution in [3.05, 3.63) is 35.4 Å². The minimum Gasteiger partial charge on any atom is -0.379 e. The SMILES string of the molecule is CN=C(NCCN1CCOCC1)NCC(C)c1ccc(C)cc1. The second kappa shape index (κ2) is 9.53. The van der Waals surface area contributed by atoms with Crippen molar-refractivity contribution in [3.63, 3.8) is 0 Å². The summed E-state index contributed by atoms with van der Waals surface area (Å²) in [5, 5.41) is 6.80. The van der Waals surface area contributed by atoms with Gasteiger partial charge in [-0.05, 0) is 18.4 Å². The average Bonchev–Trinajstić information content (AvgIpc) is 2.59. The number of aryl methyl sites for hydroxylation is 1. The molecule has 0 saturated carbocycles. The summed E-state index contributed by atoms with van der Waals surface area (Å²) >= 11 is 0. The number of aliphatic imine (C=N–C) groups is 1. The van der Waals surface area contributed by atoms with E-state index in [2.05, 4.69) is 58.6 Å². The van der Waals surface area contributed by atoms with Gasteiger partial charge in [0.25, 0.3) is 0 Å². The molecule has 1 heterocycles. The van der Waals surface area contributed by atoms with Crippen LogP contribution in [0.2, 0.25) is 0 Å². The van der Waals surface area contributed by atoms with Crippen molar-refractivity contribution in [1.82, 2.24) is 15.5 Å². The molecule has 0 spiro atoms. The van der Waals surface area contributed by atoms with Gasteiger partial charge in [-0.2, -0.15) is 0 Å². The normalized spacial score (nSPS) is 17.8. The summed E-state index contributed by atoms with van der Waals surface area (Å²) in [5.41, 5.74) is 2.65. The van der Waals surface area contributed by atoms with Gasteiger partial charge in [-0.15, -0.1) is 0 Å². The molecule has 1 aromatic rings. The number of hydrogen-bond donors (Lipinski definition) is 2. The fraction of sp³-hybridized carbons (Fsp3) is 0.611. The highest BCUT2D eigenvalue weighted by atomic mass is 16.5. The van der Waals surface area contributed by atoms with Crippen molar-refractivity contribution in [1.29, 1.82) is 0 Å². The zero-order valence-corrected chi connectivity index (χ0v) is 14.6. The number of benzene rings is 1. The summed E-state index contributed by atoms with van der Waals surface area (Å²) in [6.07, 6.45) is 0. The molecule has 5 heteroatoms. The lowest BCUT2D eigenvalue weighted by molar-refractivity contribution is 0.0389. The fourth-order valence-corrected chi connectivity index (χ4v) is 2.64. The van der Waals surface area contributed by atoms with Crippen LogP contribution in [0.15, 0.2) is 29.3 Å². The molecule has 0 radical (unpaired) electrons. The molecular formula is C18H30N4O. The van der Waals surface area contributed by atoms with Crippen LogP contribution in [0.25, 0.3) is 0 Å². The smallest absolute Gasteiger partial charge is 0.191 e. The topological polar surface area (TPSA) is 48.9 Å². The number of guanidine groups is 1. The predicted octanol–water partition coefficient (Wildman–Crippen LogP) is 1.60. The van der Waals surface area contributed by atoms with E-state index in [1.54, 1.807) is 0 Å². The Morgan fingerprint density at radius 2 is 1.91 bits per heavy atom. The van der Waals surface area contributed by atoms with Gasteiger partial charge in [0.15, 0.2) is 5.96 Å². The Kier molecular flexibility index (Phi) is 7.36. The molecule has 1 unspecified atom stereocenters. The van der Waals surface area contributed by atoms with E-state index in [1.165, 1.54) is 11.1 Å². The Morgan fingerprint density at radius 1 is 1.22 bits per heavy atom. The van der Waals surface area contributed by atoms with Crippen molar-refractivity contribution in [2.75, 3.05) is 53.0 Å². The molecule has 1 atom stereocenters. The van der Waals surface area contributed by atoms with Crippen molar-refractivity contribution in [2.45, 2.75) is 19.8 Å². The third-order valence-electron chi connectivity index (χ3n) is 4.27. The second-order valence-corrected chi connectivity index (χ2v) is 6.15. The molecule has 0 bridgehead atoms. The van der Waals surface area contributed by atoms with E-state index in [0.717, 1.165) is 51.9 Å². The molecule has 1 saturated heterocycles. The second-order valence-electron chi connectivity index (χ2n) is 6.15. The first kappa shape index (κ1) is 17.8. The fourth-order valence-electron chi connectivity index (χ4n) is 2.64. The van der Waals surface area contributed by atoms with E-state index in [-0.39, 0.29) is 0 Å². The van der Waals surface area contributed by atoms with Crippen molar-refractivity contribution >= 4 is 5.96 Å². The molecule has 2 N–H and O–H groups in total. The van der Waals surface area contributed by atoms with Crippen LogP contribution in [-0.2, 0) is 4.74 Å². The molecule has 128 valence electrons. The number of nitrogens with zero attached hydrogens (tertiary/aromatic N) is 2. The van der Waals surface area contributed by atoms with Crippen LogP contribution in [0.4, 0.5) is 0 Å². The quantitative estimate of drug-likeness (QED) is 0.618. The van der Waals surface area contributed by atoms with Gasteiger partial charge in [0.05, 0.1) is 13.2 Å². The largest absolute Gasteiger partial charge is 0.379 e. The molecule has 0 amide bonds. The van der Waals surface area contributed by atoms with E-state index >= 15 is 0 Å². The minimum atomic E-state index is 0.452. The van der Waals surface area contributed by atoms with Crippen molar-refractivity contribution < 1.29 is 4.74 Å². The van der Waals surface area contributed by atoms with E-state index in [9.17, 15) is 0 Å². The Bertz CT molecular complexity index is 480. The first-order valence-corrected chi connectivity index (χ1v) is 8.50. The van der Waals surface area contributed by atoms with Gasteiger partial charge < -0.3 is 15.4 Å². The molecular weight excluding hydrogens is 288 g/mol. The Morgan fingerprint density at radius 3 is 2.57 bits per heavy atom. The third kappa shape index (κ3) is 6.20. The highest BCUT2D eigenvalue weighted by Crippen LogP contribution is 2.14. The lowest BCUT2D eigenvalue weighted by Crippen LogP contribution is -2.45. The summed E-state index contributed by atoms with van der Waals surface area (Å²) in [7, 11) is 1.82. The minimum absolute atomic E-state index is 0.452. The molecule has 1 aromatic carbocycles. The first-order chi connectivity index (χ1) is 11.2. The number of morpholine rings is 1. The molecule has 0 aromatic heterocycles. The van der Waals surface area contributed by atoms with Gasteiger partial charge in [-0.1, -0.05) is 36.8 Å². The molecule has 1 aliphatic heterocycles. The van der Waals surface area contributed by atoms with Gasteiger partial charge in [-0.25, -0.2) is 0 Å². The van der Waals surface area contributed by atoms with Crippen LogP contribution in [0.1, 0.15) is 24.0 Å². The maximum absolute atomic E-state index is 5.36. The lowest BCUT2D eigenvalue weighted by atomic mass is 10.0. The van der Waals surface area contributed by atoms with Gasteiger partial charge in [0.2, 0.25) is 0 Å². The molecule has 1 fully saturated rings. The van der Waals surface area contributed by atoms with Crippen LogP contribution in [0.3, 0.4) is 0 Å². The first-order valence-electron chi connectivity index (χ1n) is 8.50. The molecule has 1 aliphatic rings. The van der Waals surface area contributed by atoms with E-state index in [1.807, 2.05) is 7.05 Å². The van der Waals surface area contributed by atoms with Gasteiger partial charge in [0.1, 0.15) is 0 Å². The van der Waals surface area contributed by atoms with Crippen molar-refractivity contribution in [3.8, 4) is 0 Å². The average molecular weight is 318 g/mol. The zero-order chi connectivity index (χ0) is 16.5. The van der Waals surface area contributed by atoms with Crippen LogP contribution in [-0.4, -0.2) is 63.8 Å². The standard InChI is InChI=1S/C18H30N4O/c1-15-4-6-17(7-5-15)16(2)14-21-18(19-3)20-8-9-22-10-12-23-13-11-22/h4-7,16H,8-14H2,1-3H3,(H2,19,20,21). The van der Waals surface area contributed by atoms with Crippen molar-refractivity contribution in [2.24, 2.45) is 4.99 Å². The lowest BCUT2D eigenvalue weighted by Gasteiger charge is -2.26. The third-order valence-corrected chi connectivity index (χ3v) is 4.27. The number of nitrogens with one attached hydrogen (secondary N) is 2. The Hall–Kier alpha value is -1.59. The molecule has 23 heavy (non-hydrogen) atoms. The number of ether oxygens (including phenoxy) is 1.